The van der Waals surface area contributed by atoms with Crippen molar-refractivity contribution in [3.8, 4) is 0 Å². The molecule has 0 spiro atoms. The van der Waals surface area contributed by atoms with Gasteiger partial charge in [-0.05, 0) is 38.5 Å². The van der Waals surface area contributed by atoms with E-state index >= 15 is 0 Å². The Hall–Kier alpha value is -1.62. The molecular formula is C25H43N3O2. The van der Waals surface area contributed by atoms with Crippen LogP contribution < -0.4 is 10.5 Å². The van der Waals surface area contributed by atoms with E-state index in [1.54, 1.807) is 6.07 Å². The Balaban J connectivity index is 1.48. The molecule has 1 fully saturated rings. The Kier molecular flexibility index (Phi) is 13.2. The maximum absolute atomic E-state index is 12.0. The normalized spacial score (nSPS) is 14.6. The van der Waals surface area contributed by atoms with Crippen LogP contribution in [-0.2, 0) is 11.2 Å². The molecule has 30 heavy (non-hydrogen) atoms. The van der Waals surface area contributed by atoms with Crippen molar-refractivity contribution < 1.29 is 4.74 Å². The Labute approximate surface area is 183 Å². The van der Waals surface area contributed by atoms with E-state index in [2.05, 4.69) is 33.9 Å². The topological polar surface area (TPSA) is 58.2 Å². The molecule has 1 N–H and O–H groups in total. The number of hydrogen-bond acceptors (Lipinski definition) is 4. The number of rotatable bonds is 16. The molecule has 0 saturated carbocycles. The van der Waals surface area contributed by atoms with E-state index in [0.29, 0.717) is 19.2 Å². The van der Waals surface area contributed by atoms with Crippen LogP contribution in [0.5, 0.6) is 0 Å². The van der Waals surface area contributed by atoms with Crippen molar-refractivity contribution in [3.63, 3.8) is 0 Å². The molecule has 0 atom stereocenters. The molecule has 0 aromatic carbocycles. The highest BCUT2D eigenvalue weighted by Gasteiger charge is 2.14. The molecule has 0 unspecified atom stereocenters. The fourth-order valence-electron chi connectivity index (χ4n) is 3.92. The minimum atomic E-state index is -0.0470. The first-order chi connectivity index (χ1) is 14.8. The van der Waals surface area contributed by atoms with Crippen molar-refractivity contribution in [3.05, 3.63) is 34.3 Å². The number of ether oxygens (including phenoxy) is 1. The Morgan fingerprint density at radius 1 is 0.933 bits per heavy atom. The number of morpholine rings is 1. The van der Waals surface area contributed by atoms with E-state index in [-0.39, 0.29) is 5.56 Å². The summed E-state index contributed by atoms with van der Waals surface area (Å²) in [7, 11) is 0. The summed E-state index contributed by atoms with van der Waals surface area (Å²) in [6.45, 7) is 5.25. The van der Waals surface area contributed by atoms with Crippen molar-refractivity contribution in [2.75, 3.05) is 31.2 Å². The van der Waals surface area contributed by atoms with Crippen LogP contribution in [0.3, 0.4) is 0 Å². The maximum Gasteiger partial charge on any atom is 0.252 e. The molecule has 5 heteroatoms. The highest BCUT2D eigenvalue weighted by Crippen LogP contribution is 2.12. The average Bonchev–Trinajstić information content (AvgIpc) is 2.76. The summed E-state index contributed by atoms with van der Waals surface area (Å²) in [4.78, 5) is 21.6. The fourth-order valence-corrected chi connectivity index (χ4v) is 3.92. The second-order valence-corrected chi connectivity index (χ2v) is 8.49. The minimum Gasteiger partial charge on any atom is -0.378 e. The van der Waals surface area contributed by atoms with Gasteiger partial charge in [0, 0.05) is 24.8 Å². The van der Waals surface area contributed by atoms with Crippen LogP contribution >= 0.6 is 0 Å². The van der Waals surface area contributed by atoms with Crippen LogP contribution in [0.15, 0.2) is 23.0 Å². The van der Waals surface area contributed by atoms with Gasteiger partial charge in [-0.15, -0.1) is 0 Å². The molecule has 1 aromatic heterocycles. The van der Waals surface area contributed by atoms with Crippen LogP contribution in [0.4, 0.5) is 5.95 Å². The van der Waals surface area contributed by atoms with E-state index < -0.39 is 0 Å². The van der Waals surface area contributed by atoms with Gasteiger partial charge in [0.15, 0.2) is 0 Å². The molecule has 2 heterocycles. The number of aromatic amines is 1. The molecule has 1 aromatic rings. The molecule has 1 aliphatic heterocycles. The molecule has 1 aliphatic rings. The third-order valence-electron chi connectivity index (χ3n) is 5.79. The van der Waals surface area contributed by atoms with Gasteiger partial charge in [-0.3, -0.25) is 9.78 Å². The van der Waals surface area contributed by atoms with Crippen LogP contribution in [-0.4, -0.2) is 36.3 Å². The molecule has 5 nitrogen and oxygen atoms in total. The second-order valence-electron chi connectivity index (χ2n) is 8.49. The van der Waals surface area contributed by atoms with E-state index in [0.717, 1.165) is 31.6 Å². The number of anilines is 1. The van der Waals surface area contributed by atoms with Crippen LogP contribution in [0.1, 0.15) is 96.1 Å². The standard InChI is InChI=1S/C25H43N3O2/c1-2-3-4-5-6-7-8-9-10-11-12-13-14-15-16-17-23-22-24(29)27-25(26-23)28-18-20-30-21-19-28/h9-10,22H,2-8,11-21H2,1H3,(H,26,27,29)/b10-9+. The molecule has 0 bridgehead atoms. The van der Waals surface area contributed by atoms with Crippen molar-refractivity contribution in [1.29, 1.82) is 0 Å². The Bertz CT molecular complexity index is 636. The van der Waals surface area contributed by atoms with Gasteiger partial charge < -0.3 is 9.64 Å². The molecule has 0 radical (unpaired) electrons. The first kappa shape index (κ1) is 24.6. The summed E-state index contributed by atoms with van der Waals surface area (Å²) in [5.41, 5.74) is 0.868. The number of allylic oxidation sites excluding steroid dienone is 2. The molecular weight excluding hydrogens is 374 g/mol. The third-order valence-corrected chi connectivity index (χ3v) is 5.79. The average molecular weight is 418 g/mol. The van der Waals surface area contributed by atoms with Crippen LogP contribution in [0, 0.1) is 0 Å². The zero-order valence-electron chi connectivity index (χ0n) is 19.2. The lowest BCUT2D eigenvalue weighted by Crippen LogP contribution is -2.38. The van der Waals surface area contributed by atoms with E-state index in [9.17, 15) is 4.79 Å². The van der Waals surface area contributed by atoms with Gasteiger partial charge in [0.2, 0.25) is 5.95 Å². The van der Waals surface area contributed by atoms with Gasteiger partial charge in [0.1, 0.15) is 0 Å². The zero-order chi connectivity index (χ0) is 21.3. The number of nitrogens with zero attached hydrogens (tertiary/aromatic N) is 2. The van der Waals surface area contributed by atoms with Gasteiger partial charge >= 0.3 is 0 Å². The zero-order valence-corrected chi connectivity index (χ0v) is 19.2. The van der Waals surface area contributed by atoms with Gasteiger partial charge in [-0.1, -0.05) is 70.4 Å². The third kappa shape index (κ3) is 11.0. The number of H-pyrrole nitrogens is 1. The number of aryl methyl sites for hydroxylation is 1. The number of aromatic nitrogens is 2. The van der Waals surface area contributed by atoms with Gasteiger partial charge in [0.25, 0.3) is 5.56 Å². The van der Waals surface area contributed by atoms with Crippen molar-refractivity contribution in [2.24, 2.45) is 0 Å². The summed E-state index contributed by atoms with van der Waals surface area (Å²) in [5.74, 6) is 0.702. The lowest BCUT2D eigenvalue weighted by Gasteiger charge is -2.27. The number of unbranched alkanes of at least 4 members (excludes halogenated alkanes) is 11. The largest absolute Gasteiger partial charge is 0.378 e. The van der Waals surface area contributed by atoms with Gasteiger partial charge in [0.05, 0.1) is 13.2 Å². The summed E-state index contributed by atoms with van der Waals surface area (Å²) in [6.07, 6.45) is 22.6. The minimum absolute atomic E-state index is 0.0470. The van der Waals surface area contributed by atoms with E-state index in [1.807, 2.05) is 0 Å². The molecule has 0 amide bonds. The fraction of sp³-hybridized carbons (Fsp3) is 0.760. The monoisotopic (exact) mass is 417 g/mol. The smallest absolute Gasteiger partial charge is 0.252 e. The highest BCUT2D eigenvalue weighted by atomic mass is 16.5. The number of nitrogens with one attached hydrogen (secondary N) is 1. The first-order valence-corrected chi connectivity index (χ1v) is 12.4. The van der Waals surface area contributed by atoms with E-state index in [4.69, 9.17) is 4.74 Å². The summed E-state index contributed by atoms with van der Waals surface area (Å²) in [6, 6.07) is 1.65. The van der Waals surface area contributed by atoms with Crippen molar-refractivity contribution in [1.82, 2.24) is 9.97 Å². The lowest BCUT2D eigenvalue weighted by atomic mass is 10.1. The Morgan fingerprint density at radius 2 is 1.53 bits per heavy atom. The molecule has 0 aliphatic carbocycles. The summed E-state index contributed by atoms with van der Waals surface area (Å²) >= 11 is 0. The van der Waals surface area contributed by atoms with Crippen LogP contribution in [0.2, 0.25) is 0 Å². The highest BCUT2D eigenvalue weighted by molar-refractivity contribution is 5.30. The predicted octanol–water partition coefficient (Wildman–Crippen LogP) is 5.80. The quantitative estimate of drug-likeness (QED) is 0.273. The second kappa shape index (κ2) is 16.1. The first-order valence-electron chi connectivity index (χ1n) is 12.4. The van der Waals surface area contributed by atoms with Crippen molar-refractivity contribution in [2.45, 2.75) is 96.8 Å². The van der Waals surface area contributed by atoms with Crippen LogP contribution in [0.25, 0.3) is 0 Å². The Morgan fingerprint density at radius 3 is 2.20 bits per heavy atom. The molecule has 2 rings (SSSR count). The summed E-state index contributed by atoms with van der Waals surface area (Å²) < 4.78 is 5.38. The number of hydrogen-bond donors (Lipinski definition) is 1. The molecule has 170 valence electrons. The lowest BCUT2D eigenvalue weighted by molar-refractivity contribution is 0.122. The summed E-state index contributed by atoms with van der Waals surface area (Å²) in [5, 5.41) is 0. The van der Waals surface area contributed by atoms with Crippen molar-refractivity contribution >= 4 is 5.95 Å². The maximum atomic E-state index is 12.0. The predicted molar refractivity (Wildman–Crippen MR) is 126 cm³/mol. The van der Waals surface area contributed by atoms with Gasteiger partial charge in [-0.2, -0.15) is 0 Å². The van der Waals surface area contributed by atoms with E-state index in [1.165, 1.54) is 77.0 Å². The molecule has 1 saturated heterocycles. The SMILES string of the molecule is CCCCCCCC/C=C/CCCCCCCc1cc(=O)[nH]c(N2CCOCC2)n1. The van der Waals surface area contributed by atoms with Gasteiger partial charge in [-0.25, -0.2) is 4.98 Å².